The predicted octanol–water partition coefficient (Wildman–Crippen LogP) is 2.88. The minimum atomic E-state index is -4.29. The van der Waals surface area contributed by atoms with Gasteiger partial charge in [-0.15, -0.1) is 11.3 Å². The Kier molecular flexibility index (Phi) is 7.30. The van der Waals surface area contributed by atoms with E-state index >= 15 is 0 Å². The second-order valence-electron chi connectivity index (χ2n) is 3.87. The molecule has 1 aromatic rings. The van der Waals surface area contributed by atoms with Gasteiger partial charge in [0.25, 0.3) is 0 Å². The van der Waals surface area contributed by atoms with E-state index in [1.807, 2.05) is 17.0 Å². The largest absolute Gasteiger partial charge is 0.411 e. The maximum Gasteiger partial charge on any atom is 0.411 e. The molecule has 0 aromatic carbocycles. The van der Waals surface area contributed by atoms with Crippen LogP contribution in [-0.2, 0) is 11.3 Å². The molecule has 1 aromatic heterocycles. The summed E-state index contributed by atoms with van der Waals surface area (Å²) in [6.45, 7) is 0.0750. The van der Waals surface area contributed by atoms with Crippen LogP contribution >= 0.6 is 27.3 Å². The fraction of sp³-hybridized carbons (Fsp3) is 0.636. The smallest absolute Gasteiger partial charge is 0.395 e. The van der Waals surface area contributed by atoms with Crippen LogP contribution in [0.1, 0.15) is 4.88 Å². The second-order valence-corrected chi connectivity index (χ2v) is 6.42. The van der Waals surface area contributed by atoms with Crippen molar-refractivity contribution < 1.29 is 23.0 Å². The molecular formula is C11H15BrF3NO2S. The summed E-state index contributed by atoms with van der Waals surface area (Å²) in [5.74, 6) is 0. The third kappa shape index (κ3) is 7.88. The van der Waals surface area contributed by atoms with E-state index in [-0.39, 0.29) is 13.2 Å². The van der Waals surface area contributed by atoms with Crippen LogP contribution in [0.25, 0.3) is 0 Å². The van der Waals surface area contributed by atoms with Crippen LogP contribution in [0.2, 0.25) is 0 Å². The van der Waals surface area contributed by atoms with Crippen molar-refractivity contribution in [3.8, 4) is 0 Å². The Morgan fingerprint density at radius 3 is 2.58 bits per heavy atom. The first kappa shape index (κ1) is 16.9. The highest BCUT2D eigenvalue weighted by atomic mass is 79.9. The van der Waals surface area contributed by atoms with E-state index in [9.17, 15) is 13.2 Å². The fourth-order valence-electron chi connectivity index (χ4n) is 1.45. The lowest BCUT2D eigenvalue weighted by Gasteiger charge is -2.20. The first-order valence-electron chi connectivity index (χ1n) is 5.62. The van der Waals surface area contributed by atoms with E-state index < -0.39 is 12.8 Å². The zero-order valence-corrected chi connectivity index (χ0v) is 12.5. The Bertz CT molecular complexity index is 373. The maximum atomic E-state index is 11.9. The molecule has 3 nitrogen and oxygen atoms in total. The van der Waals surface area contributed by atoms with Gasteiger partial charge in [0.15, 0.2) is 0 Å². The van der Waals surface area contributed by atoms with Crippen molar-refractivity contribution >= 4 is 27.3 Å². The summed E-state index contributed by atoms with van der Waals surface area (Å²) in [7, 11) is 0. The Morgan fingerprint density at radius 1 is 1.32 bits per heavy atom. The van der Waals surface area contributed by atoms with Crippen molar-refractivity contribution in [2.45, 2.75) is 12.7 Å². The van der Waals surface area contributed by atoms with Gasteiger partial charge in [0.05, 0.1) is 17.0 Å². The van der Waals surface area contributed by atoms with Crippen molar-refractivity contribution in [2.24, 2.45) is 0 Å². The monoisotopic (exact) mass is 361 g/mol. The average Bonchev–Trinajstić information content (AvgIpc) is 2.69. The van der Waals surface area contributed by atoms with Crippen molar-refractivity contribution in [1.82, 2.24) is 4.90 Å². The van der Waals surface area contributed by atoms with E-state index in [0.717, 1.165) is 8.66 Å². The van der Waals surface area contributed by atoms with Crippen LogP contribution in [0, 0.1) is 0 Å². The number of alkyl halides is 3. The maximum absolute atomic E-state index is 11.9. The highest BCUT2D eigenvalue weighted by molar-refractivity contribution is 9.11. The number of nitrogens with zero attached hydrogens (tertiary/aromatic N) is 1. The molecule has 19 heavy (non-hydrogen) atoms. The Hall–Kier alpha value is -0.150. The topological polar surface area (TPSA) is 32.7 Å². The van der Waals surface area contributed by atoms with Gasteiger partial charge in [0.2, 0.25) is 0 Å². The zero-order chi connectivity index (χ0) is 14.3. The SMILES string of the molecule is OCCN(CCOCC(F)(F)F)Cc1ccc(Br)s1. The molecule has 0 aliphatic heterocycles. The average molecular weight is 362 g/mol. The number of aliphatic hydroxyl groups excluding tert-OH is 1. The molecule has 0 fully saturated rings. The molecular weight excluding hydrogens is 347 g/mol. The first-order valence-corrected chi connectivity index (χ1v) is 7.23. The molecule has 0 bridgehead atoms. The number of rotatable bonds is 8. The molecule has 8 heteroatoms. The summed E-state index contributed by atoms with van der Waals surface area (Å²) in [5, 5.41) is 8.94. The van der Waals surface area contributed by atoms with Crippen LogP contribution in [0.5, 0.6) is 0 Å². The van der Waals surface area contributed by atoms with E-state index in [4.69, 9.17) is 5.11 Å². The summed E-state index contributed by atoms with van der Waals surface area (Å²) in [6.07, 6.45) is -4.29. The molecule has 110 valence electrons. The number of aliphatic hydroxyl groups is 1. The van der Waals surface area contributed by atoms with Crippen LogP contribution in [0.4, 0.5) is 13.2 Å². The molecule has 0 atom stereocenters. The molecule has 0 spiro atoms. The van der Waals surface area contributed by atoms with E-state index in [0.29, 0.717) is 19.6 Å². The Labute approximate surface area is 122 Å². The third-order valence-corrected chi connectivity index (χ3v) is 3.85. The lowest BCUT2D eigenvalue weighted by atomic mass is 10.4. The van der Waals surface area contributed by atoms with Gasteiger partial charge >= 0.3 is 6.18 Å². The van der Waals surface area contributed by atoms with Gasteiger partial charge in [-0.05, 0) is 28.1 Å². The molecule has 0 unspecified atom stereocenters. The molecule has 0 aliphatic rings. The van der Waals surface area contributed by atoms with Crippen molar-refractivity contribution in [2.75, 3.05) is 32.9 Å². The quantitative estimate of drug-likeness (QED) is 0.722. The minimum Gasteiger partial charge on any atom is -0.395 e. The van der Waals surface area contributed by atoms with E-state index in [1.165, 1.54) is 0 Å². The molecule has 0 saturated carbocycles. The van der Waals surface area contributed by atoms with Gasteiger partial charge in [-0.25, -0.2) is 0 Å². The van der Waals surface area contributed by atoms with E-state index in [1.54, 1.807) is 11.3 Å². The molecule has 1 N–H and O–H groups in total. The van der Waals surface area contributed by atoms with Crippen LogP contribution in [0.3, 0.4) is 0 Å². The standard InChI is InChI=1S/C11H15BrF3NO2S/c12-10-2-1-9(19-10)7-16(3-5-17)4-6-18-8-11(13,14)15/h1-2,17H,3-8H2. The van der Waals surface area contributed by atoms with Crippen LogP contribution < -0.4 is 0 Å². The van der Waals surface area contributed by atoms with Crippen molar-refractivity contribution in [3.63, 3.8) is 0 Å². The lowest BCUT2D eigenvalue weighted by molar-refractivity contribution is -0.174. The number of hydrogen-bond acceptors (Lipinski definition) is 4. The molecule has 0 aliphatic carbocycles. The van der Waals surface area contributed by atoms with Crippen molar-refractivity contribution in [3.05, 3.63) is 20.8 Å². The molecule has 1 rings (SSSR count). The molecule has 1 heterocycles. The molecule has 0 amide bonds. The molecule has 0 saturated heterocycles. The van der Waals surface area contributed by atoms with Gasteiger partial charge in [0, 0.05) is 24.5 Å². The van der Waals surface area contributed by atoms with Crippen LogP contribution in [0.15, 0.2) is 15.9 Å². The fourth-order valence-corrected chi connectivity index (χ4v) is 2.98. The van der Waals surface area contributed by atoms with Crippen LogP contribution in [-0.4, -0.2) is 49.1 Å². The van der Waals surface area contributed by atoms with Crippen molar-refractivity contribution in [1.29, 1.82) is 0 Å². The highest BCUT2D eigenvalue weighted by Crippen LogP contribution is 2.23. The summed E-state index contributed by atoms with van der Waals surface area (Å²) >= 11 is 4.91. The highest BCUT2D eigenvalue weighted by Gasteiger charge is 2.27. The summed E-state index contributed by atoms with van der Waals surface area (Å²) in [5.41, 5.74) is 0. The third-order valence-electron chi connectivity index (χ3n) is 2.24. The lowest BCUT2D eigenvalue weighted by Crippen LogP contribution is -2.31. The summed E-state index contributed by atoms with van der Waals surface area (Å²) in [6, 6.07) is 3.85. The van der Waals surface area contributed by atoms with Gasteiger partial charge in [0.1, 0.15) is 6.61 Å². The Morgan fingerprint density at radius 2 is 2.05 bits per heavy atom. The minimum absolute atomic E-state index is 0.00788. The van der Waals surface area contributed by atoms with Gasteiger partial charge < -0.3 is 9.84 Å². The number of thiophene rings is 1. The summed E-state index contributed by atoms with van der Waals surface area (Å²) in [4.78, 5) is 2.94. The number of hydrogen-bond donors (Lipinski definition) is 1. The molecule has 0 radical (unpaired) electrons. The number of ether oxygens (including phenoxy) is 1. The number of halogens is 4. The van der Waals surface area contributed by atoms with Gasteiger partial charge in [-0.1, -0.05) is 0 Å². The van der Waals surface area contributed by atoms with Gasteiger partial charge in [-0.3, -0.25) is 4.90 Å². The van der Waals surface area contributed by atoms with Gasteiger partial charge in [-0.2, -0.15) is 13.2 Å². The zero-order valence-electron chi connectivity index (χ0n) is 10.1. The second kappa shape index (κ2) is 8.21. The Balaban J connectivity index is 2.32. The summed E-state index contributed by atoms with van der Waals surface area (Å²) < 4.78 is 41.3. The first-order chi connectivity index (χ1) is 8.90. The van der Waals surface area contributed by atoms with E-state index in [2.05, 4.69) is 20.7 Å². The normalized spacial score (nSPS) is 12.3. The predicted molar refractivity (Wildman–Crippen MR) is 71.3 cm³/mol.